The molecule has 0 amide bonds. The van der Waals surface area contributed by atoms with Gasteiger partial charge in [-0.15, -0.1) is 0 Å². The maximum Gasteiger partial charge on any atom is 2.00 e. The van der Waals surface area contributed by atoms with Crippen LogP contribution < -0.4 is 40.9 Å². The van der Waals surface area contributed by atoms with Crippen LogP contribution in [0.1, 0.15) is 175 Å². The Morgan fingerprint density at radius 3 is 0.379 bits per heavy atom. The molecule has 0 bridgehead atoms. The van der Waals surface area contributed by atoms with E-state index in [9.17, 15) is 81.7 Å². The quantitative estimate of drug-likeness (QED) is 0.0329. The summed E-state index contributed by atoms with van der Waals surface area (Å²) in [6.07, 6.45) is 24.2. The van der Waals surface area contributed by atoms with Crippen LogP contribution in [-0.2, 0) is 92.0 Å². The largest absolute Gasteiger partial charge is 2.00 e. The summed E-state index contributed by atoms with van der Waals surface area (Å²) >= 11 is 0. The minimum Gasteiger partial charge on any atom is -0.870 e. The van der Waals surface area contributed by atoms with Gasteiger partial charge in [-0.2, -0.15) is 0 Å². The molecule has 0 spiro atoms. The molecule has 29 nitrogen and oxygen atoms in total. The fourth-order valence-electron chi connectivity index (χ4n) is 15.0. The van der Waals surface area contributed by atoms with E-state index in [2.05, 4.69) is 39.9 Å². The molecule has 5 heterocycles. The molecular formula is C112H120Cu4N8O21. The molecule has 145 heavy (non-hydrogen) atoms. The van der Waals surface area contributed by atoms with E-state index in [-0.39, 0.29) is 159 Å². The predicted octanol–water partition coefficient (Wildman–Crippen LogP) is 18.7. The Labute approximate surface area is 888 Å². The Morgan fingerprint density at radius 2 is 0.290 bits per heavy atom. The molecule has 5 aliphatic heterocycles. The summed E-state index contributed by atoms with van der Waals surface area (Å²) in [5, 5.41) is 172. The number of hydrogen-bond acceptors (Lipinski definition) is 29. The van der Waals surface area contributed by atoms with Gasteiger partial charge in [0.1, 0.15) is 46.0 Å². The minimum atomic E-state index is -0.483. The standard InChI is InChI=1S/4C23H22N2O4.5C4H8O.4Cu/c4*1-13-10-14(2)21(25-12-17-7-5-9-19(27)23(17)29)15(3)20(13)24-11-16-6-4-8-18(26)22(16)28;5*1-2-4-5-3-1;;;;/h4*4-12,26-29H,1-3H3;5*1-4H2;;;;/q;;;;;;;;;4*+2/p-8. The van der Waals surface area contributed by atoms with E-state index in [4.69, 9.17) is 23.7 Å². The molecule has 0 unspecified atom stereocenters. The van der Waals surface area contributed by atoms with Gasteiger partial charge in [0.15, 0.2) is 0 Å². The van der Waals surface area contributed by atoms with Gasteiger partial charge < -0.3 is 105 Å². The van der Waals surface area contributed by atoms with Gasteiger partial charge in [-0.25, -0.2) is 0 Å². The van der Waals surface area contributed by atoms with Gasteiger partial charge in [0.05, 0.1) is 45.5 Å². The molecule has 12 aromatic rings. The average Bonchev–Trinajstić information content (AvgIpc) is 1.64. The van der Waals surface area contributed by atoms with Crippen molar-refractivity contribution in [3.05, 3.63) is 281 Å². The van der Waals surface area contributed by atoms with E-state index in [1.54, 1.807) is 97.1 Å². The molecule has 12 aromatic carbocycles. The van der Waals surface area contributed by atoms with Crippen molar-refractivity contribution in [3.8, 4) is 92.0 Å². The molecule has 5 saturated heterocycles. The Kier molecular flexibility index (Phi) is 52.6. The Hall–Kier alpha value is -13.3. The molecule has 5 fully saturated rings. The second kappa shape index (κ2) is 62.4. The van der Waals surface area contributed by atoms with Crippen molar-refractivity contribution < 1.29 is 174 Å². The molecule has 0 saturated carbocycles. The first kappa shape index (κ1) is 122. The number of phenols is 8. The van der Waals surface area contributed by atoms with E-state index in [1.807, 2.05) is 107 Å². The van der Waals surface area contributed by atoms with Crippen molar-refractivity contribution in [2.45, 2.75) is 147 Å². The molecule has 8 N–H and O–H groups in total. The van der Waals surface area contributed by atoms with Crippen LogP contribution in [0, 0.1) is 83.1 Å². The van der Waals surface area contributed by atoms with Crippen LogP contribution in [0.15, 0.2) is 210 Å². The minimum absolute atomic E-state index is 0. The van der Waals surface area contributed by atoms with Gasteiger partial charge >= 0.3 is 68.3 Å². The number of aryl methyl sites for hydroxylation is 8. The van der Waals surface area contributed by atoms with Gasteiger partial charge in [0, 0.05) is 138 Å². The van der Waals surface area contributed by atoms with E-state index in [0.29, 0.717) is 45.5 Å². The smallest absolute Gasteiger partial charge is 0.870 e. The molecule has 4 radical (unpaired) electrons. The number of phenolic OH excluding ortho intramolecular Hbond substituents is 8. The first-order valence-corrected chi connectivity index (χ1v) is 46.2. The van der Waals surface area contributed by atoms with Crippen molar-refractivity contribution in [1.82, 2.24) is 0 Å². The maximum absolute atomic E-state index is 12.0. The van der Waals surface area contributed by atoms with Crippen LogP contribution in [0.5, 0.6) is 92.0 Å². The molecule has 0 aromatic heterocycles. The number of hydrogen-bond donors (Lipinski definition) is 8. The van der Waals surface area contributed by atoms with E-state index < -0.39 is 46.0 Å². The fraction of sp³-hybridized carbons (Fsp3) is 0.286. The summed E-state index contributed by atoms with van der Waals surface area (Å²) in [4.78, 5) is 35.6. The third-order valence-corrected chi connectivity index (χ3v) is 22.6. The van der Waals surface area contributed by atoms with Gasteiger partial charge in [0.2, 0.25) is 0 Å². The fourth-order valence-corrected chi connectivity index (χ4v) is 15.0. The number of nitrogens with zero attached hydrogens (tertiary/aromatic N) is 8. The van der Waals surface area contributed by atoms with Crippen molar-refractivity contribution in [2.75, 3.05) is 66.1 Å². The van der Waals surface area contributed by atoms with E-state index in [1.165, 1.54) is 162 Å². The third-order valence-electron chi connectivity index (χ3n) is 22.6. The van der Waals surface area contributed by atoms with Crippen LogP contribution in [0.2, 0.25) is 0 Å². The van der Waals surface area contributed by atoms with E-state index in [0.717, 1.165) is 133 Å². The third kappa shape index (κ3) is 36.4. The summed E-state index contributed by atoms with van der Waals surface area (Å²) < 4.78 is 24.7. The van der Waals surface area contributed by atoms with Crippen molar-refractivity contribution in [1.29, 1.82) is 0 Å². The second-order valence-corrected chi connectivity index (χ2v) is 33.6. The molecule has 33 heteroatoms. The summed E-state index contributed by atoms with van der Waals surface area (Å²) in [7, 11) is 0. The number of ether oxygens (including phenoxy) is 5. The Morgan fingerprint density at radius 1 is 0.186 bits per heavy atom. The summed E-state index contributed by atoms with van der Waals surface area (Å²) in [6, 6.07) is 43.7. The zero-order valence-electron chi connectivity index (χ0n) is 82.6. The van der Waals surface area contributed by atoms with Gasteiger partial charge in [-0.3, -0.25) is 39.9 Å². The molecule has 0 atom stereocenters. The normalized spacial score (nSPS) is 13.4. The number of aromatic hydroxyl groups is 8. The monoisotopic (exact) mass is 2160 g/mol. The van der Waals surface area contributed by atoms with Gasteiger partial charge in [-0.05, 0) is 285 Å². The Balaban J connectivity index is 0.000000310. The first-order chi connectivity index (χ1) is 67.7. The van der Waals surface area contributed by atoms with Crippen molar-refractivity contribution in [3.63, 3.8) is 0 Å². The Bertz CT molecular complexity index is 5350. The SMILES string of the molecule is C1CCOC1.C1CCOC1.C1CCOC1.C1CCOC1.C1CCOC1.Cc1cc(C)c(N=Cc2cccc(O)c2[O-])c(C)c1N=Cc1cccc(O)c1[O-].Cc1cc(C)c(N=Cc2cccc(O)c2[O-])c(C)c1N=Cc1cccc(O)c1[O-].Cc1cc(C)c(N=Cc2cccc(O)c2[O-])c(C)c1N=Cc1cccc(O)c1[O-].Cc1cc(C)c(N=Cc2cccc(O)c2[O-])c(C)c1N=Cc1cccc(O)c1[O-].[Cu+2].[Cu+2].[Cu+2].[Cu+2]. The topological polar surface area (TPSA) is 491 Å². The van der Waals surface area contributed by atoms with Crippen LogP contribution in [0.3, 0.4) is 0 Å². The van der Waals surface area contributed by atoms with Crippen LogP contribution in [-0.4, -0.2) is 157 Å². The molecule has 0 aliphatic carbocycles. The maximum atomic E-state index is 12.0. The van der Waals surface area contributed by atoms with Crippen LogP contribution >= 0.6 is 0 Å². The molecular weight excluding hydrogens is 2050 g/mol. The van der Waals surface area contributed by atoms with E-state index >= 15 is 0 Å². The molecule has 5 aliphatic rings. The number of rotatable bonds is 16. The molecule has 17 rings (SSSR count). The molecule has 778 valence electrons. The van der Waals surface area contributed by atoms with Crippen molar-refractivity contribution in [2.24, 2.45) is 39.9 Å². The predicted molar refractivity (Wildman–Crippen MR) is 541 cm³/mol. The second-order valence-electron chi connectivity index (χ2n) is 33.6. The summed E-state index contributed by atoms with van der Waals surface area (Å²) in [5.74, 6) is -6.45. The zero-order chi connectivity index (χ0) is 102. The summed E-state index contributed by atoms with van der Waals surface area (Å²) in [5.41, 5.74) is 17.9. The number of para-hydroxylation sites is 8. The number of benzene rings is 12. The first-order valence-electron chi connectivity index (χ1n) is 46.2. The van der Waals surface area contributed by atoms with Crippen LogP contribution in [0.25, 0.3) is 0 Å². The average molecular weight is 2170 g/mol. The van der Waals surface area contributed by atoms with Gasteiger partial charge in [-0.1, -0.05) is 167 Å². The summed E-state index contributed by atoms with van der Waals surface area (Å²) in [6.45, 7) is 32.7. The number of aliphatic imine (C=N–C) groups is 8. The van der Waals surface area contributed by atoms with Gasteiger partial charge in [0.25, 0.3) is 0 Å². The zero-order valence-corrected chi connectivity index (χ0v) is 86.4. The van der Waals surface area contributed by atoms with Crippen molar-refractivity contribution >= 4 is 95.2 Å². The van der Waals surface area contributed by atoms with Crippen LogP contribution in [0.4, 0.5) is 45.5 Å².